The maximum Gasteiger partial charge on any atom is 0.0334 e. The highest BCUT2D eigenvalue weighted by Gasteiger charge is 2.50. The van der Waals surface area contributed by atoms with Crippen molar-refractivity contribution in [3.8, 4) is 11.1 Å². The van der Waals surface area contributed by atoms with Gasteiger partial charge in [-0.3, -0.25) is 0 Å². The molecule has 3 aromatic rings. The van der Waals surface area contributed by atoms with E-state index in [4.69, 9.17) is 0 Å². The average Bonchev–Trinajstić information content (AvgIpc) is 3.58. The van der Waals surface area contributed by atoms with Crippen LogP contribution >= 0.6 is 0 Å². The van der Waals surface area contributed by atoms with Gasteiger partial charge in [0, 0.05) is 11.3 Å². The molecule has 39 heavy (non-hydrogen) atoms. The van der Waals surface area contributed by atoms with Crippen molar-refractivity contribution < 1.29 is 0 Å². The highest BCUT2D eigenvalue weighted by molar-refractivity contribution is 5.80. The fraction of sp³-hybridized carbons (Fsp3) is 0.436. The van der Waals surface area contributed by atoms with Crippen LogP contribution < -0.4 is 0 Å². The first-order valence-corrected chi connectivity index (χ1v) is 15.3. The Kier molecular flexibility index (Phi) is 6.53. The highest BCUT2D eigenvalue weighted by atomic mass is 14.5. The maximum atomic E-state index is 2.51. The fourth-order valence-electron chi connectivity index (χ4n) is 8.06. The fourth-order valence-corrected chi connectivity index (χ4v) is 8.06. The minimum absolute atomic E-state index is 0.0520. The van der Waals surface area contributed by atoms with E-state index in [2.05, 4.69) is 127 Å². The van der Waals surface area contributed by atoms with E-state index in [1.165, 1.54) is 65.5 Å². The molecule has 0 nitrogen and oxygen atoms in total. The van der Waals surface area contributed by atoms with Crippen LogP contribution in [0.25, 0.3) is 11.1 Å². The van der Waals surface area contributed by atoms with Crippen LogP contribution in [-0.2, 0) is 22.7 Å². The van der Waals surface area contributed by atoms with Crippen LogP contribution in [0, 0.1) is 11.8 Å². The van der Waals surface area contributed by atoms with Crippen LogP contribution in [0.1, 0.15) is 107 Å². The largest absolute Gasteiger partial charge is 0.0764 e. The Morgan fingerprint density at radius 2 is 1.31 bits per heavy atom. The molecule has 3 aromatic carbocycles. The van der Waals surface area contributed by atoms with Gasteiger partial charge in [-0.15, -0.1) is 0 Å². The zero-order valence-corrected chi connectivity index (χ0v) is 25.0. The van der Waals surface area contributed by atoms with E-state index in [1.54, 1.807) is 11.1 Å². The van der Waals surface area contributed by atoms with Crippen LogP contribution in [0.15, 0.2) is 85.0 Å². The Morgan fingerprint density at radius 3 is 1.95 bits per heavy atom. The lowest BCUT2D eigenvalue weighted by Crippen LogP contribution is -2.45. The third kappa shape index (κ3) is 4.35. The van der Waals surface area contributed by atoms with Crippen LogP contribution in [0.4, 0.5) is 0 Å². The van der Waals surface area contributed by atoms with E-state index in [-0.39, 0.29) is 16.2 Å². The van der Waals surface area contributed by atoms with Gasteiger partial charge in [-0.25, -0.2) is 0 Å². The molecule has 202 valence electrons. The summed E-state index contributed by atoms with van der Waals surface area (Å²) < 4.78 is 0. The number of fused-ring (bicyclic) bond motifs is 3. The molecular weight excluding hydrogens is 468 g/mol. The lowest BCUT2D eigenvalue weighted by molar-refractivity contribution is 0.207. The van der Waals surface area contributed by atoms with Gasteiger partial charge in [-0.05, 0) is 80.5 Å². The molecule has 1 atom stereocenters. The normalized spacial score (nSPS) is 19.2. The van der Waals surface area contributed by atoms with Crippen molar-refractivity contribution in [2.75, 3.05) is 0 Å². The molecule has 3 aliphatic rings. The molecule has 0 amide bonds. The number of rotatable bonds is 4. The van der Waals surface area contributed by atoms with Crippen molar-refractivity contribution in [3.05, 3.63) is 118 Å². The van der Waals surface area contributed by atoms with Gasteiger partial charge in [-0.2, -0.15) is 0 Å². The summed E-state index contributed by atoms with van der Waals surface area (Å²) in [5.41, 5.74) is 12.3. The molecule has 3 aliphatic carbocycles. The third-order valence-corrected chi connectivity index (χ3v) is 9.94. The first-order valence-electron chi connectivity index (χ1n) is 15.3. The highest BCUT2D eigenvalue weighted by Crippen LogP contribution is 2.58. The standard InChI is InChI=1S/C39H46/c1-37(2,3)31-21-22-32-27(25-31)26-34-33(32)23-24-35(38(4,5)6)36(34)39(30-19-13-14-20-30,28-15-9-7-10-16-28)29-17-11-8-12-18-29/h7,9-10,13-16,19-25,29-30H,8,11-12,17-18,26H2,1-6H3. The van der Waals surface area contributed by atoms with Crippen molar-refractivity contribution in [1.82, 2.24) is 0 Å². The predicted octanol–water partition coefficient (Wildman–Crippen LogP) is 10.5. The molecule has 1 fully saturated rings. The monoisotopic (exact) mass is 514 g/mol. The molecule has 6 rings (SSSR count). The van der Waals surface area contributed by atoms with E-state index in [0.29, 0.717) is 11.8 Å². The second-order valence-electron chi connectivity index (χ2n) is 14.4. The summed E-state index contributed by atoms with van der Waals surface area (Å²) in [7, 11) is 0. The van der Waals surface area contributed by atoms with Gasteiger partial charge in [0.2, 0.25) is 0 Å². The van der Waals surface area contributed by atoms with Gasteiger partial charge in [0.25, 0.3) is 0 Å². The van der Waals surface area contributed by atoms with Crippen LogP contribution in [-0.4, -0.2) is 0 Å². The van der Waals surface area contributed by atoms with E-state index >= 15 is 0 Å². The molecular formula is C39H46. The first kappa shape index (κ1) is 26.4. The topological polar surface area (TPSA) is 0 Å². The Bertz CT molecular complexity index is 1400. The van der Waals surface area contributed by atoms with Crippen molar-refractivity contribution in [2.24, 2.45) is 11.8 Å². The SMILES string of the molecule is CC(C)(C)c1ccc2c(c1)Cc1c-2ccc(C(C)(C)C)c1C(c1ccccc1)(C1C=CC=C1)C1CCCCC1. The number of allylic oxidation sites excluding steroid dienone is 4. The zero-order valence-electron chi connectivity index (χ0n) is 25.0. The van der Waals surface area contributed by atoms with Crippen molar-refractivity contribution in [1.29, 1.82) is 0 Å². The molecule has 1 saturated carbocycles. The second kappa shape index (κ2) is 9.65. The summed E-state index contributed by atoms with van der Waals surface area (Å²) in [5.74, 6) is 0.983. The molecule has 0 N–H and O–H groups in total. The smallest absolute Gasteiger partial charge is 0.0334 e. The minimum Gasteiger partial charge on any atom is -0.0764 e. The van der Waals surface area contributed by atoms with Gasteiger partial charge in [0.05, 0.1) is 0 Å². The molecule has 1 unspecified atom stereocenters. The molecule has 0 saturated heterocycles. The molecule has 0 aliphatic heterocycles. The number of hydrogen-bond donors (Lipinski definition) is 0. The third-order valence-electron chi connectivity index (χ3n) is 9.94. The van der Waals surface area contributed by atoms with Crippen molar-refractivity contribution >= 4 is 0 Å². The van der Waals surface area contributed by atoms with Crippen molar-refractivity contribution in [2.45, 2.75) is 96.3 Å². The Labute approximate surface area is 237 Å². The number of benzene rings is 3. The predicted molar refractivity (Wildman–Crippen MR) is 168 cm³/mol. The second-order valence-corrected chi connectivity index (χ2v) is 14.4. The van der Waals surface area contributed by atoms with Crippen LogP contribution in [0.2, 0.25) is 0 Å². The average molecular weight is 515 g/mol. The number of hydrogen-bond acceptors (Lipinski definition) is 0. The zero-order chi connectivity index (χ0) is 27.4. The van der Waals surface area contributed by atoms with E-state index in [0.717, 1.165) is 6.42 Å². The van der Waals surface area contributed by atoms with Gasteiger partial charge in [0.15, 0.2) is 0 Å². The van der Waals surface area contributed by atoms with E-state index in [9.17, 15) is 0 Å². The summed E-state index contributed by atoms with van der Waals surface area (Å²) in [6.45, 7) is 14.3. The Balaban J connectivity index is 1.69. The van der Waals surface area contributed by atoms with Crippen LogP contribution in [0.5, 0.6) is 0 Å². The van der Waals surface area contributed by atoms with E-state index in [1.807, 2.05) is 0 Å². The quantitative estimate of drug-likeness (QED) is 0.254. The molecule has 0 heterocycles. The molecule has 0 spiro atoms. The van der Waals surface area contributed by atoms with Crippen LogP contribution in [0.3, 0.4) is 0 Å². The maximum absolute atomic E-state index is 2.51. The molecule has 0 heteroatoms. The minimum atomic E-state index is -0.0754. The lowest BCUT2D eigenvalue weighted by Gasteiger charge is -2.50. The Hall–Kier alpha value is -2.86. The van der Waals surface area contributed by atoms with Gasteiger partial charge in [0.1, 0.15) is 0 Å². The first-order chi connectivity index (χ1) is 18.6. The summed E-state index contributed by atoms with van der Waals surface area (Å²) >= 11 is 0. The molecule has 0 aromatic heterocycles. The Morgan fingerprint density at radius 1 is 0.641 bits per heavy atom. The van der Waals surface area contributed by atoms with E-state index < -0.39 is 0 Å². The lowest BCUT2D eigenvalue weighted by atomic mass is 9.53. The van der Waals surface area contributed by atoms with Gasteiger partial charge in [-0.1, -0.05) is 146 Å². The summed E-state index contributed by atoms with van der Waals surface area (Å²) in [5, 5.41) is 0. The van der Waals surface area contributed by atoms with Crippen molar-refractivity contribution in [3.63, 3.8) is 0 Å². The van der Waals surface area contributed by atoms with Gasteiger partial charge >= 0.3 is 0 Å². The summed E-state index contributed by atoms with van der Waals surface area (Å²) in [6.07, 6.45) is 17.3. The van der Waals surface area contributed by atoms with Gasteiger partial charge < -0.3 is 0 Å². The summed E-state index contributed by atoms with van der Waals surface area (Å²) in [6, 6.07) is 23.9. The molecule has 0 bridgehead atoms. The summed E-state index contributed by atoms with van der Waals surface area (Å²) in [4.78, 5) is 0. The molecule has 0 radical (unpaired) electrons.